The molecule has 1 heterocycles. The highest BCUT2D eigenvalue weighted by molar-refractivity contribution is 7.96. The van der Waals surface area contributed by atoms with Gasteiger partial charge in [-0.3, -0.25) is 0 Å². The molecule has 0 saturated carbocycles. The second-order valence-electron chi connectivity index (χ2n) is 2.91. The zero-order chi connectivity index (χ0) is 8.27. The van der Waals surface area contributed by atoms with Gasteiger partial charge in [0.2, 0.25) is 0 Å². The Bertz CT molecular complexity index is 152. The molecule has 2 atom stereocenters. The average molecular weight is 170 g/mol. The fourth-order valence-corrected chi connectivity index (χ4v) is 2.44. The summed E-state index contributed by atoms with van der Waals surface area (Å²) in [6.07, 6.45) is 4.31. The quantitative estimate of drug-likeness (QED) is 0.592. The highest BCUT2D eigenvalue weighted by Crippen LogP contribution is 2.29. The maximum Gasteiger partial charge on any atom is 0.0670 e. The predicted octanol–water partition coefficient (Wildman–Crippen LogP) is 1.89. The van der Waals surface area contributed by atoms with E-state index in [-0.39, 0.29) is 5.92 Å². The third-order valence-electron chi connectivity index (χ3n) is 2.25. The Kier molecular flexibility index (Phi) is 3.22. The van der Waals surface area contributed by atoms with E-state index in [0.717, 1.165) is 13.0 Å². The number of hydrogen-bond acceptors (Lipinski definition) is 3. The van der Waals surface area contributed by atoms with Crippen LogP contribution >= 0.6 is 11.9 Å². The minimum atomic E-state index is 0.271. The summed E-state index contributed by atoms with van der Waals surface area (Å²) >= 11 is 1.77. The molecule has 1 rings (SSSR count). The second-order valence-corrected chi connectivity index (χ2v) is 3.74. The molecule has 1 aliphatic heterocycles. The largest absolute Gasteiger partial charge is 0.246 e. The van der Waals surface area contributed by atoms with Gasteiger partial charge in [0.25, 0.3) is 0 Å². The topological polar surface area (TPSA) is 27.0 Å². The first-order valence-corrected chi connectivity index (χ1v) is 5.20. The van der Waals surface area contributed by atoms with Crippen molar-refractivity contribution in [3.63, 3.8) is 0 Å². The highest BCUT2D eigenvalue weighted by atomic mass is 32.2. The lowest BCUT2D eigenvalue weighted by atomic mass is 10.1. The van der Waals surface area contributed by atoms with Crippen molar-refractivity contribution in [1.82, 2.24) is 4.31 Å². The van der Waals surface area contributed by atoms with E-state index in [1.54, 1.807) is 11.9 Å². The summed E-state index contributed by atoms with van der Waals surface area (Å²) in [5.41, 5.74) is 0. The molecule has 1 fully saturated rings. The smallest absolute Gasteiger partial charge is 0.0670 e. The normalized spacial score (nSPS) is 32.1. The first-order valence-electron chi connectivity index (χ1n) is 4.02. The zero-order valence-electron chi connectivity index (χ0n) is 7.08. The van der Waals surface area contributed by atoms with E-state index in [9.17, 15) is 0 Å². The molecule has 0 aromatic carbocycles. The first kappa shape index (κ1) is 8.89. The van der Waals surface area contributed by atoms with Crippen molar-refractivity contribution in [2.45, 2.75) is 25.8 Å². The Hall–Kier alpha value is -0.200. The van der Waals surface area contributed by atoms with Crippen molar-refractivity contribution in [2.24, 2.45) is 5.92 Å². The monoisotopic (exact) mass is 170 g/mol. The van der Waals surface area contributed by atoms with Gasteiger partial charge in [-0.1, -0.05) is 18.9 Å². The van der Waals surface area contributed by atoms with Gasteiger partial charge < -0.3 is 0 Å². The van der Waals surface area contributed by atoms with E-state index >= 15 is 0 Å². The van der Waals surface area contributed by atoms with Crippen molar-refractivity contribution in [3.05, 3.63) is 0 Å². The van der Waals surface area contributed by atoms with Crippen LogP contribution < -0.4 is 0 Å². The molecular formula is C8H14N2S. The minimum Gasteiger partial charge on any atom is -0.246 e. The summed E-state index contributed by atoms with van der Waals surface area (Å²) in [5, 5.41) is 8.71. The molecule has 0 spiro atoms. The van der Waals surface area contributed by atoms with Gasteiger partial charge in [-0.05, 0) is 19.1 Å². The van der Waals surface area contributed by atoms with E-state index in [4.69, 9.17) is 5.26 Å². The standard InChI is InChI=1S/C8H14N2S/c1-3-8-4-7(5-9)6-10(8)11-2/h7-8H,3-4,6H2,1-2H3/t7-,8?/m1/s1. The van der Waals surface area contributed by atoms with E-state index in [0.29, 0.717) is 6.04 Å². The molecule has 1 saturated heterocycles. The first-order chi connectivity index (χ1) is 5.31. The predicted molar refractivity (Wildman–Crippen MR) is 48.0 cm³/mol. The lowest BCUT2D eigenvalue weighted by Crippen LogP contribution is -2.20. The van der Waals surface area contributed by atoms with E-state index in [2.05, 4.69) is 23.6 Å². The lowest BCUT2D eigenvalue weighted by molar-refractivity contribution is 0.426. The summed E-state index contributed by atoms with van der Waals surface area (Å²) < 4.78 is 2.33. The summed E-state index contributed by atoms with van der Waals surface area (Å²) in [6.45, 7) is 3.14. The maximum absolute atomic E-state index is 8.71. The Morgan fingerprint density at radius 1 is 1.73 bits per heavy atom. The van der Waals surface area contributed by atoms with Gasteiger partial charge in [0.1, 0.15) is 0 Å². The molecule has 1 unspecified atom stereocenters. The third-order valence-corrected chi connectivity index (χ3v) is 3.17. The zero-order valence-corrected chi connectivity index (χ0v) is 7.90. The molecule has 11 heavy (non-hydrogen) atoms. The van der Waals surface area contributed by atoms with Gasteiger partial charge in [0, 0.05) is 12.6 Å². The van der Waals surface area contributed by atoms with Gasteiger partial charge in [-0.15, -0.1) is 0 Å². The van der Waals surface area contributed by atoms with Crippen LogP contribution in [0.25, 0.3) is 0 Å². The minimum absolute atomic E-state index is 0.271. The molecule has 0 radical (unpaired) electrons. The maximum atomic E-state index is 8.71. The van der Waals surface area contributed by atoms with Crippen LogP contribution in [0, 0.1) is 17.2 Å². The van der Waals surface area contributed by atoms with Crippen molar-refractivity contribution in [2.75, 3.05) is 12.8 Å². The van der Waals surface area contributed by atoms with Crippen molar-refractivity contribution < 1.29 is 0 Å². The number of hydrogen-bond donors (Lipinski definition) is 0. The highest BCUT2D eigenvalue weighted by Gasteiger charge is 2.30. The third kappa shape index (κ3) is 1.88. The SMILES string of the molecule is CCC1C[C@H](C#N)CN1SC. The van der Waals surface area contributed by atoms with Crippen LogP contribution in [-0.2, 0) is 0 Å². The van der Waals surface area contributed by atoms with Crippen molar-refractivity contribution >= 4 is 11.9 Å². The molecule has 2 nitrogen and oxygen atoms in total. The van der Waals surface area contributed by atoms with E-state index in [1.807, 2.05) is 0 Å². The summed E-state index contributed by atoms with van der Waals surface area (Å²) in [4.78, 5) is 0. The molecule has 3 heteroatoms. The Balaban J connectivity index is 2.49. The molecule has 0 amide bonds. The van der Waals surface area contributed by atoms with Crippen molar-refractivity contribution in [1.29, 1.82) is 5.26 Å². The van der Waals surface area contributed by atoms with Crippen LogP contribution in [0.3, 0.4) is 0 Å². The average Bonchev–Trinajstić information content (AvgIpc) is 2.46. The molecule has 0 aromatic heterocycles. The lowest BCUT2D eigenvalue weighted by Gasteiger charge is -2.18. The van der Waals surface area contributed by atoms with Gasteiger partial charge in [0.15, 0.2) is 0 Å². The second kappa shape index (κ2) is 3.99. The Morgan fingerprint density at radius 3 is 2.82 bits per heavy atom. The fourth-order valence-electron chi connectivity index (χ4n) is 1.57. The van der Waals surface area contributed by atoms with E-state index in [1.165, 1.54) is 6.42 Å². The number of nitriles is 1. The Morgan fingerprint density at radius 2 is 2.45 bits per heavy atom. The number of rotatable bonds is 2. The van der Waals surface area contributed by atoms with Crippen molar-refractivity contribution in [3.8, 4) is 6.07 Å². The molecular weight excluding hydrogens is 156 g/mol. The van der Waals surface area contributed by atoms with Gasteiger partial charge in [-0.25, -0.2) is 4.31 Å². The van der Waals surface area contributed by atoms with Crippen LogP contribution in [-0.4, -0.2) is 23.1 Å². The molecule has 0 aromatic rings. The summed E-state index contributed by atoms with van der Waals surface area (Å²) in [7, 11) is 0. The van der Waals surface area contributed by atoms with Crippen LogP contribution in [0.15, 0.2) is 0 Å². The van der Waals surface area contributed by atoms with Gasteiger partial charge >= 0.3 is 0 Å². The molecule has 1 aliphatic rings. The summed E-state index contributed by atoms with van der Waals surface area (Å²) in [5.74, 6) is 0.271. The number of nitrogens with zero attached hydrogens (tertiary/aromatic N) is 2. The molecule has 0 aliphatic carbocycles. The van der Waals surface area contributed by atoms with Gasteiger partial charge in [0.05, 0.1) is 12.0 Å². The fraction of sp³-hybridized carbons (Fsp3) is 0.875. The molecule has 0 N–H and O–H groups in total. The molecule has 0 bridgehead atoms. The van der Waals surface area contributed by atoms with Crippen LogP contribution in [0.1, 0.15) is 19.8 Å². The molecule has 62 valence electrons. The van der Waals surface area contributed by atoms with Crippen LogP contribution in [0.5, 0.6) is 0 Å². The summed E-state index contributed by atoms with van der Waals surface area (Å²) in [6, 6.07) is 2.97. The Labute approximate surface area is 72.7 Å². The van der Waals surface area contributed by atoms with E-state index < -0.39 is 0 Å². The van der Waals surface area contributed by atoms with Gasteiger partial charge in [-0.2, -0.15) is 5.26 Å². The van der Waals surface area contributed by atoms with Crippen LogP contribution in [0.2, 0.25) is 0 Å². The van der Waals surface area contributed by atoms with Crippen LogP contribution in [0.4, 0.5) is 0 Å².